The Morgan fingerprint density at radius 2 is 2.12 bits per heavy atom. The molecule has 0 saturated carbocycles. The minimum atomic E-state index is 0.0224. The van der Waals surface area contributed by atoms with E-state index in [2.05, 4.69) is 40.3 Å². The normalized spacial score (nSPS) is 25.6. The van der Waals surface area contributed by atoms with Crippen molar-refractivity contribution in [3.05, 3.63) is 36.5 Å². The number of rotatable bonds is 3. The second kappa shape index (κ2) is 4.40. The number of carbonyl (C=O) groups is 1. The van der Waals surface area contributed by atoms with Gasteiger partial charge < -0.3 is 0 Å². The van der Waals surface area contributed by atoms with Gasteiger partial charge in [0.15, 0.2) is 5.78 Å². The van der Waals surface area contributed by atoms with Gasteiger partial charge in [-0.25, -0.2) is 0 Å². The topological polar surface area (TPSA) is 17.1 Å². The average molecular weight is 218 g/mol. The Balaban J connectivity index is 3.00. The van der Waals surface area contributed by atoms with Crippen molar-refractivity contribution in [2.45, 2.75) is 40.5 Å². The highest BCUT2D eigenvalue weighted by atomic mass is 16.1. The molecule has 0 fully saturated rings. The van der Waals surface area contributed by atoms with Gasteiger partial charge in [0.05, 0.1) is 0 Å². The predicted octanol–water partition coefficient (Wildman–Crippen LogP) is 4.07. The highest BCUT2D eigenvalue weighted by molar-refractivity contribution is 5.99. The maximum atomic E-state index is 11.3. The van der Waals surface area contributed by atoms with E-state index in [4.69, 9.17) is 0 Å². The summed E-state index contributed by atoms with van der Waals surface area (Å²) in [6.07, 6.45) is 9.31. The third-order valence-electron chi connectivity index (χ3n) is 3.73. The van der Waals surface area contributed by atoms with E-state index in [1.54, 1.807) is 12.2 Å². The Morgan fingerprint density at radius 3 is 2.69 bits per heavy atom. The molecule has 0 amide bonds. The van der Waals surface area contributed by atoms with Crippen LogP contribution in [0.25, 0.3) is 0 Å². The van der Waals surface area contributed by atoms with E-state index in [1.165, 1.54) is 5.57 Å². The molecule has 88 valence electrons. The molecule has 0 heterocycles. The molecule has 0 radical (unpaired) electrons. The Labute approximate surface area is 98.9 Å². The predicted molar refractivity (Wildman–Crippen MR) is 69.2 cm³/mol. The molecule has 1 rings (SSSR count). The maximum Gasteiger partial charge on any atom is 0.178 e. The largest absolute Gasteiger partial charge is 0.290 e. The van der Waals surface area contributed by atoms with Crippen molar-refractivity contribution < 1.29 is 4.79 Å². The van der Waals surface area contributed by atoms with Gasteiger partial charge in [-0.05, 0) is 42.7 Å². The van der Waals surface area contributed by atoms with Gasteiger partial charge in [-0.1, -0.05) is 38.5 Å². The van der Waals surface area contributed by atoms with Crippen LogP contribution in [-0.4, -0.2) is 5.78 Å². The van der Waals surface area contributed by atoms with Crippen LogP contribution >= 0.6 is 0 Å². The van der Waals surface area contributed by atoms with Crippen molar-refractivity contribution in [1.82, 2.24) is 0 Å². The number of hydrogen-bond donors (Lipinski definition) is 0. The number of carbonyl (C=O) groups excluding carboxylic acids is 1. The van der Waals surface area contributed by atoms with Crippen molar-refractivity contribution in [3.63, 3.8) is 0 Å². The van der Waals surface area contributed by atoms with Crippen molar-refractivity contribution in [1.29, 1.82) is 0 Å². The second-order valence-corrected chi connectivity index (χ2v) is 5.78. The van der Waals surface area contributed by atoms with Gasteiger partial charge in [0.2, 0.25) is 0 Å². The van der Waals surface area contributed by atoms with Gasteiger partial charge in [-0.3, -0.25) is 4.79 Å². The smallest absolute Gasteiger partial charge is 0.178 e. The molecule has 0 aromatic heterocycles. The molecule has 0 aliphatic heterocycles. The van der Waals surface area contributed by atoms with Crippen LogP contribution in [0, 0.1) is 10.8 Å². The molecule has 1 atom stereocenters. The van der Waals surface area contributed by atoms with Crippen LogP contribution in [0.4, 0.5) is 0 Å². The lowest BCUT2D eigenvalue weighted by atomic mass is 9.62. The van der Waals surface area contributed by atoms with Crippen LogP contribution in [0.1, 0.15) is 40.5 Å². The van der Waals surface area contributed by atoms with Gasteiger partial charge in [0.25, 0.3) is 0 Å². The van der Waals surface area contributed by atoms with Gasteiger partial charge in [-0.2, -0.15) is 0 Å². The number of hydrogen-bond acceptors (Lipinski definition) is 1. The van der Waals surface area contributed by atoms with Crippen LogP contribution in [0.15, 0.2) is 36.5 Å². The summed E-state index contributed by atoms with van der Waals surface area (Å²) in [5.74, 6) is 0.0925. The first kappa shape index (κ1) is 13.0. The summed E-state index contributed by atoms with van der Waals surface area (Å²) < 4.78 is 0. The van der Waals surface area contributed by atoms with E-state index in [-0.39, 0.29) is 16.6 Å². The molecule has 0 bridgehead atoms. The van der Waals surface area contributed by atoms with Gasteiger partial charge in [-0.15, -0.1) is 6.58 Å². The summed E-state index contributed by atoms with van der Waals surface area (Å²) in [4.78, 5) is 11.3. The van der Waals surface area contributed by atoms with Crippen LogP contribution in [0.2, 0.25) is 0 Å². The average Bonchev–Trinajstić information content (AvgIpc) is 2.27. The zero-order valence-electron chi connectivity index (χ0n) is 10.8. The molecule has 0 saturated heterocycles. The summed E-state index contributed by atoms with van der Waals surface area (Å²) in [5, 5.41) is 0. The molecule has 0 aromatic carbocycles. The Bertz CT molecular complexity index is 358. The third kappa shape index (κ3) is 2.72. The molecular formula is C15H22O. The fourth-order valence-corrected chi connectivity index (χ4v) is 2.27. The van der Waals surface area contributed by atoms with E-state index in [1.807, 2.05) is 6.08 Å². The minimum absolute atomic E-state index is 0.0224. The van der Waals surface area contributed by atoms with Gasteiger partial charge >= 0.3 is 0 Å². The molecule has 16 heavy (non-hydrogen) atoms. The van der Waals surface area contributed by atoms with Crippen molar-refractivity contribution in [2.24, 2.45) is 10.8 Å². The Hall–Kier alpha value is -1.11. The molecule has 1 nitrogen and oxygen atoms in total. The summed E-state index contributed by atoms with van der Waals surface area (Å²) in [6, 6.07) is 0. The van der Waals surface area contributed by atoms with E-state index in [9.17, 15) is 4.79 Å². The van der Waals surface area contributed by atoms with E-state index in [0.29, 0.717) is 0 Å². The van der Waals surface area contributed by atoms with Crippen LogP contribution in [-0.2, 0) is 4.79 Å². The van der Waals surface area contributed by atoms with Crippen LogP contribution < -0.4 is 0 Å². The van der Waals surface area contributed by atoms with Crippen molar-refractivity contribution in [3.8, 4) is 0 Å². The molecular weight excluding hydrogens is 196 g/mol. The molecule has 1 aliphatic carbocycles. The third-order valence-corrected chi connectivity index (χ3v) is 3.73. The van der Waals surface area contributed by atoms with Crippen LogP contribution in [0.3, 0.4) is 0 Å². The van der Waals surface area contributed by atoms with Crippen molar-refractivity contribution >= 4 is 5.78 Å². The van der Waals surface area contributed by atoms with Gasteiger partial charge in [0, 0.05) is 0 Å². The van der Waals surface area contributed by atoms with Gasteiger partial charge in [0.1, 0.15) is 0 Å². The molecule has 0 spiro atoms. The molecule has 0 aromatic rings. The quantitative estimate of drug-likeness (QED) is 0.653. The Morgan fingerprint density at radius 1 is 1.50 bits per heavy atom. The lowest BCUT2D eigenvalue weighted by molar-refractivity contribution is -0.110. The highest BCUT2D eigenvalue weighted by Crippen LogP contribution is 2.47. The van der Waals surface area contributed by atoms with Crippen molar-refractivity contribution in [2.75, 3.05) is 0 Å². The number of allylic oxidation sites excluding steroid dienone is 5. The Kier molecular flexibility index (Phi) is 3.57. The van der Waals surface area contributed by atoms with Crippen LogP contribution in [0.5, 0.6) is 0 Å². The summed E-state index contributed by atoms with van der Waals surface area (Å²) >= 11 is 0. The highest BCUT2D eigenvalue weighted by Gasteiger charge is 2.38. The maximum absolute atomic E-state index is 11.3. The number of ketones is 1. The monoisotopic (exact) mass is 218 g/mol. The first-order chi connectivity index (χ1) is 7.27. The first-order valence-corrected chi connectivity index (χ1v) is 5.81. The fourth-order valence-electron chi connectivity index (χ4n) is 2.27. The lowest BCUT2D eigenvalue weighted by Gasteiger charge is -2.42. The zero-order valence-corrected chi connectivity index (χ0v) is 10.8. The fraction of sp³-hybridized carbons (Fsp3) is 0.533. The SMILES string of the molecule is C=C(C)CC(C)(C)C1(C)C=CC(=O)C=CC1. The summed E-state index contributed by atoms with van der Waals surface area (Å²) in [6.45, 7) is 12.8. The second-order valence-electron chi connectivity index (χ2n) is 5.78. The van der Waals surface area contributed by atoms with E-state index < -0.39 is 0 Å². The van der Waals surface area contributed by atoms with E-state index >= 15 is 0 Å². The van der Waals surface area contributed by atoms with E-state index in [0.717, 1.165) is 12.8 Å². The standard InChI is InChI=1S/C15H22O/c1-12(2)11-14(3,4)15(5)9-6-7-13(16)8-10-15/h6-8,10H,1,9,11H2,2-5H3. The molecule has 1 unspecified atom stereocenters. The molecule has 1 aliphatic rings. The summed E-state index contributed by atoms with van der Waals surface area (Å²) in [5.41, 5.74) is 1.33. The lowest BCUT2D eigenvalue weighted by Crippen LogP contribution is -2.33. The minimum Gasteiger partial charge on any atom is -0.290 e. The zero-order chi connectivity index (χ0) is 12.4. The molecule has 1 heteroatoms. The first-order valence-electron chi connectivity index (χ1n) is 5.81. The summed E-state index contributed by atoms with van der Waals surface area (Å²) in [7, 11) is 0. The molecule has 0 N–H and O–H groups in total.